The normalized spacial score (nSPS) is 15.3. The van der Waals surface area contributed by atoms with Gasteiger partial charge in [0.2, 0.25) is 0 Å². The predicted octanol–water partition coefficient (Wildman–Crippen LogP) is 5.48. The minimum absolute atomic E-state index is 0.340. The van der Waals surface area contributed by atoms with Crippen LogP contribution in [-0.2, 0) is 20.6 Å². The maximum absolute atomic E-state index is 12.9. The molecule has 1 amide bonds. The van der Waals surface area contributed by atoms with Crippen LogP contribution >= 0.6 is 11.6 Å². The smallest absolute Gasteiger partial charge is 0.415 e. The Bertz CT molecular complexity index is 1160. The Morgan fingerprint density at radius 3 is 2.65 bits per heavy atom. The number of hydrogen-bond donors (Lipinski definition) is 1. The van der Waals surface area contributed by atoms with Gasteiger partial charge in [-0.15, -0.1) is 0 Å². The average Bonchev–Trinajstić information content (AvgIpc) is 3.18. The largest absolute Gasteiger partial charge is 0.491 e. The van der Waals surface area contributed by atoms with Crippen molar-refractivity contribution in [1.82, 2.24) is 9.88 Å². The standard InChI is InChI=1S/C26H29ClN2O5/c1-17(2)34-26(30)29-11-10-21-22-16-19(27)6-9-23(22)28-24(21)25(29)18-4-7-20(8-5-18)33-15-14-32-13-12-31-3/h4-9,16,25,28H,1,10-15H2,2-3H3. The first kappa shape index (κ1) is 24.1. The molecule has 2 aromatic carbocycles. The van der Waals surface area contributed by atoms with Crippen molar-refractivity contribution in [3.63, 3.8) is 0 Å². The first-order valence-corrected chi connectivity index (χ1v) is 11.6. The van der Waals surface area contributed by atoms with Gasteiger partial charge in [-0.1, -0.05) is 30.3 Å². The van der Waals surface area contributed by atoms with Gasteiger partial charge in [-0.2, -0.15) is 0 Å². The van der Waals surface area contributed by atoms with E-state index in [1.54, 1.807) is 18.9 Å². The number of aromatic amines is 1. The van der Waals surface area contributed by atoms with Crippen LogP contribution in [0.1, 0.15) is 29.8 Å². The lowest BCUT2D eigenvalue weighted by molar-refractivity contribution is 0.0544. The summed E-state index contributed by atoms with van der Waals surface area (Å²) in [6, 6.07) is 13.2. The van der Waals surface area contributed by atoms with Gasteiger partial charge in [0.15, 0.2) is 0 Å². The van der Waals surface area contributed by atoms with Gasteiger partial charge < -0.3 is 23.9 Å². The highest BCUT2D eigenvalue weighted by Crippen LogP contribution is 2.39. The van der Waals surface area contributed by atoms with E-state index < -0.39 is 6.09 Å². The summed E-state index contributed by atoms with van der Waals surface area (Å²) in [5, 5.41) is 1.76. The van der Waals surface area contributed by atoms with E-state index in [1.165, 1.54) is 0 Å². The lowest BCUT2D eigenvalue weighted by atomic mass is 9.92. The summed E-state index contributed by atoms with van der Waals surface area (Å²) in [5.41, 5.74) is 4.06. The topological polar surface area (TPSA) is 73.0 Å². The summed E-state index contributed by atoms with van der Waals surface area (Å²) in [5.74, 6) is 1.09. The van der Waals surface area contributed by atoms with Gasteiger partial charge in [-0.25, -0.2) is 4.79 Å². The third-order valence-electron chi connectivity index (χ3n) is 5.71. The number of benzene rings is 2. The minimum atomic E-state index is -0.423. The number of nitrogens with one attached hydrogen (secondary N) is 1. The number of H-pyrrole nitrogens is 1. The zero-order valence-electron chi connectivity index (χ0n) is 19.4. The molecule has 1 unspecified atom stereocenters. The van der Waals surface area contributed by atoms with Gasteiger partial charge in [0.1, 0.15) is 18.4 Å². The summed E-state index contributed by atoms with van der Waals surface area (Å²) in [6.45, 7) is 7.91. The number of methoxy groups -OCH3 is 1. The fourth-order valence-corrected chi connectivity index (χ4v) is 4.39. The third-order valence-corrected chi connectivity index (χ3v) is 5.94. The molecule has 180 valence electrons. The molecule has 4 rings (SSSR count). The molecule has 2 heterocycles. The van der Waals surface area contributed by atoms with E-state index in [1.807, 2.05) is 42.5 Å². The Morgan fingerprint density at radius 2 is 1.91 bits per heavy atom. The number of amides is 1. The highest BCUT2D eigenvalue weighted by molar-refractivity contribution is 6.31. The van der Waals surface area contributed by atoms with Gasteiger partial charge in [-0.05, 0) is 54.8 Å². The molecular weight excluding hydrogens is 456 g/mol. The van der Waals surface area contributed by atoms with Crippen LogP contribution in [0.4, 0.5) is 4.79 Å². The van der Waals surface area contributed by atoms with Crippen LogP contribution in [0.15, 0.2) is 54.8 Å². The highest BCUT2D eigenvalue weighted by Gasteiger charge is 2.35. The summed E-state index contributed by atoms with van der Waals surface area (Å²) >= 11 is 6.27. The summed E-state index contributed by atoms with van der Waals surface area (Å²) in [7, 11) is 1.64. The molecule has 0 radical (unpaired) electrons. The van der Waals surface area contributed by atoms with Crippen molar-refractivity contribution in [2.45, 2.75) is 19.4 Å². The second kappa shape index (κ2) is 11.0. The van der Waals surface area contributed by atoms with E-state index in [-0.39, 0.29) is 6.04 Å². The zero-order chi connectivity index (χ0) is 24.1. The molecule has 0 saturated heterocycles. The molecule has 3 aromatic rings. The molecule has 1 aliphatic rings. The fraction of sp³-hybridized carbons (Fsp3) is 0.346. The Balaban J connectivity index is 1.59. The van der Waals surface area contributed by atoms with Crippen molar-refractivity contribution in [2.75, 3.05) is 40.1 Å². The molecule has 0 fully saturated rings. The quantitative estimate of drug-likeness (QED) is 0.321. The molecule has 0 aliphatic carbocycles. The monoisotopic (exact) mass is 484 g/mol. The number of carbonyl (C=O) groups is 1. The Hall–Kier alpha value is -3.00. The predicted molar refractivity (Wildman–Crippen MR) is 131 cm³/mol. The maximum atomic E-state index is 12.9. The fourth-order valence-electron chi connectivity index (χ4n) is 4.22. The second-order valence-electron chi connectivity index (χ2n) is 8.15. The van der Waals surface area contributed by atoms with Crippen LogP contribution in [0.25, 0.3) is 10.9 Å². The molecule has 1 aromatic heterocycles. The van der Waals surface area contributed by atoms with Crippen LogP contribution in [-0.4, -0.2) is 56.1 Å². The molecule has 1 atom stereocenters. The summed E-state index contributed by atoms with van der Waals surface area (Å²) in [4.78, 5) is 18.2. The Labute approximate surface area is 204 Å². The van der Waals surface area contributed by atoms with Crippen molar-refractivity contribution in [2.24, 2.45) is 0 Å². The lowest BCUT2D eigenvalue weighted by Crippen LogP contribution is -2.40. The maximum Gasteiger partial charge on any atom is 0.415 e. The average molecular weight is 485 g/mol. The van der Waals surface area contributed by atoms with Crippen LogP contribution in [0.5, 0.6) is 5.75 Å². The van der Waals surface area contributed by atoms with E-state index in [0.29, 0.717) is 50.2 Å². The van der Waals surface area contributed by atoms with Crippen molar-refractivity contribution in [3.8, 4) is 5.75 Å². The van der Waals surface area contributed by atoms with Gasteiger partial charge in [0.25, 0.3) is 0 Å². The number of carbonyl (C=O) groups excluding carboxylic acids is 1. The molecular formula is C26H29ClN2O5. The third kappa shape index (κ3) is 5.38. The number of allylic oxidation sites excluding steroid dienone is 1. The molecule has 1 aliphatic heterocycles. The van der Waals surface area contributed by atoms with Gasteiger partial charge in [0, 0.05) is 35.3 Å². The Morgan fingerprint density at radius 1 is 1.15 bits per heavy atom. The first-order chi connectivity index (χ1) is 16.5. The van der Waals surface area contributed by atoms with Gasteiger partial charge in [-0.3, -0.25) is 4.90 Å². The molecule has 0 bridgehead atoms. The Kier molecular flexibility index (Phi) is 7.77. The minimum Gasteiger partial charge on any atom is -0.491 e. The molecule has 0 spiro atoms. The van der Waals surface area contributed by atoms with Gasteiger partial charge >= 0.3 is 6.09 Å². The number of aromatic nitrogens is 1. The van der Waals surface area contributed by atoms with Crippen LogP contribution < -0.4 is 4.74 Å². The molecule has 0 saturated carbocycles. The number of ether oxygens (including phenoxy) is 4. The first-order valence-electron chi connectivity index (χ1n) is 11.2. The summed E-state index contributed by atoms with van der Waals surface area (Å²) < 4.78 is 21.5. The lowest BCUT2D eigenvalue weighted by Gasteiger charge is -2.35. The number of hydrogen-bond acceptors (Lipinski definition) is 5. The summed E-state index contributed by atoms with van der Waals surface area (Å²) in [6.07, 6.45) is 0.273. The highest BCUT2D eigenvalue weighted by atomic mass is 35.5. The SMILES string of the molecule is C=C(C)OC(=O)N1CCc2c([nH]c3ccc(Cl)cc23)C1c1ccc(OCCOCCOC)cc1. The van der Waals surface area contributed by atoms with Crippen LogP contribution in [0.2, 0.25) is 5.02 Å². The van der Waals surface area contributed by atoms with E-state index in [9.17, 15) is 4.79 Å². The van der Waals surface area contributed by atoms with E-state index >= 15 is 0 Å². The van der Waals surface area contributed by atoms with Crippen molar-refractivity contribution < 1.29 is 23.7 Å². The molecule has 1 N–H and O–H groups in total. The zero-order valence-corrected chi connectivity index (χ0v) is 20.2. The van der Waals surface area contributed by atoms with Crippen molar-refractivity contribution >= 4 is 28.6 Å². The van der Waals surface area contributed by atoms with E-state index in [0.717, 1.165) is 33.5 Å². The van der Waals surface area contributed by atoms with Crippen molar-refractivity contribution in [1.29, 1.82) is 0 Å². The number of nitrogens with zero attached hydrogens (tertiary/aromatic N) is 1. The number of rotatable bonds is 9. The van der Waals surface area contributed by atoms with Crippen LogP contribution in [0, 0.1) is 0 Å². The van der Waals surface area contributed by atoms with Crippen molar-refractivity contribution in [3.05, 3.63) is 76.6 Å². The number of fused-ring (bicyclic) bond motifs is 3. The molecule has 7 nitrogen and oxygen atoms in total. The molecule has 34 heavy (non-hydrogen) atoms. The second-order valence-corrected chi connectivity index (χ2v) is 8.58. The van der Waals surface area contributed by atoms with E-state index in [2.05, 4.69) is 11.6 Å². The van der Waals surface area contributed by atoms with E-state index in [4.69, 9.17) is 30.5 Å². The molecule has 8 heteroatoms. The van der Waals surface area contributed by atoms with Crippen LogP contribution in [0.3, 0.4) is 0 Å². The number of halogens is 1. The van der Waals surface area contributed by atoms with Gasteiger partial charge in [0.05, 0.1) is 25.6 Å².